The average Bonchev–Trinajstić information content (AvgIpc) is 3.09. The number of carboxylic acid groups (broad SMARTS) is 1. The molecule has 0 aromatic heterocycles. The van der Waals surface area contributed by atoms with Crippen molar-refractivity contribution < 1.29 is 9.90 Å². The number of aliphatic carboxylic acids is 1. The van der Waals surface area contributed by atoms with Gasteiger partial charge in [0, 0.05) is 16.7 Å². The van der Waals surface area contributed by atoms with Gasteiger partial charge in [0.1, 0.15) is 0 Å². The largest absolute Gasteiger partial charge is 0.478 e. The summed E-state index contributed by atoms with van der Waals surface area (Å²) in [6.07, 6.45) is 14.9. The SMILES string of the molecule is C/C(=C/CC[C@H](C)[C@@H]1CC[C@]2(C)C3=CC[C@H]4C(C)(C)/C(=N/NC(N)=S)CC[C@]4(C)[C@@H]3CC[C@@]12C)C(=O)O. The lowest BCUT2D eigenvalue weighted by atomic mass is 9.41. The number of hydrazone groups is 1. The molecule has 3 fully saturated rings. The fraction of sp³-hybridized carbons (Fsp3) is 0.774. The van der Waals surface area contributed by atoms with E-state index >= 15 is 0 Å². The van der Waals surface area contributed by atoms with E-state index in [4.69, 9.17) is 18.0 Å². The lowest BCUT2D eigenvalue weighted by Crippen LogP contribution is -2.57. The summed E-state index contributed by atoms with van der Waals surface area (Å²) in [4.78, 5) is 11.2. The predicted octanol–water partition coefficient (Wildman–Crippen LogP) is 7.23. The number of hydrogen-bond acceptors (Lipinski definition) is 3. The first-order valence-corrected chi connectivity index (χ1v) is 14.8. The Bertz CT molecular complexity index is 1050. The van der Waals surface area contributed by atoms with Crippen molar-refractivity contribution in [2.24, 2.45) is 56.2 Å². The van der Waals surface area contributed by atoms with Gasteiger partial charge in [0.15, 0.2) is 5.11 Å². The highest BCUT2D eigenvalue weighted by atomic mass is 32.1. The Balaban J connectivity index is 1.58. The molecule has 0 aromatic carbocycles. The minimum absolute atomic E-state index is 0.00277. The number of nitrogens with two attached hydrogens (primary N) is 1. The Hall–Kier alpha value is -1.69. The normalized spacial score (nSPS) is 40.7. The highest BCUT2D eigenvalue weighted by molar-refractivity contribution is 7.80. The Labute approximate surface area is 229 Å². The predicted molar refractivity (Wildman–Crippen MR) is 156 cm³/mol. The third-order valence-electron chi connectivity index (χ3n) is 12.1. The molecule has 4 rings (SSSR count). The standard InChI is InChI=1S/C31H49N3O2S/c1-19(9-8-10-20(2)26(35)36)21-13-17-31(7)23-11-12-24-28(3,4)25(33-34-27(32)37)15-16-29(24,5)22(23)14-18-30(21,31)6/h10-11,19,21-22,24H,8-9,12-18H2,1-7H3,(H,35,36)(H3,32,34,37)/b20-10-,33-25+/t19-,21-,22+,24-,29+,30-,31+/m0/s1. The van der Waals surface area contributed by atoms with Gasteiger partial charge in [0.25, 0.3) is 0 Å². The van der Waals surface area contributed by atoms with E-state index < -0.39 is 5.97 Å². The van der Waals surface area contributed by atoms with E-state index in [9.17, 15) is 9.90 Å². The maximum Gasteiger partial charge on any atom is 0.330 e. The molecule has 4 aliphatic rings. The van der Waals surface area contributed by atoms with Gasteiger partial charge in [-0.25, -0.2) is 4.79 Å². The zero-order chi connectivity index (χ0) is 27.4. The molecule has 5 nitrogen and oxygen atoms in total. The van der Waals surface area contributed by atoms with Gasteiger partial charge in [-0.2, -0.15) is 5.10 Å². The van der Waals surface area contributed by atoms with E-state index in [0.29, 0.717) is 34.7 Å². The molecule has 4 N–H and O–H groups in total. The molecule has 6 heteroatoms. The van der Waals surface area contributed by atoms with Crippen LogP contribution in [0.2, 0.25) is 0 Å². The highest BCUT2D eigenvalue weighted by Gasteiger charge is 2.65. The molecule has 206 valence electrons. The third-order valence-corrected chi connectivity index (χ3v) is 12.2. The summed E-state index contributed by atoms with van der Waals surface area (Å²) in [6.45, 7) is 16.6. The van der Waals surface area contributed by atoms with E-state index in [2.05, 4.69) is 58.1 Å². The molecule has 4 aliphatic carbocycles. The third kappa shape index (κ3) is 4.49. The fourth-order valence-electron chi connectivity index (χ4n) is 9.65. The van der Waals surface area contributed by atoms with Gasteiger partial charge in [-0.1, -0.05) is 59.3 Å². The summed E-state index contributed by atoms with van der Waals surface area (Å²) in [7, 11) is 0. The molecule has 0 aromatic rings. The molecule has 0 spiro atoms. The van der Waals surface area contributed by atoms with Gasteiger partial charge in [0.05, 0.1) is 0 Å². The van der Waals surface area contributed by atoms with Crippen molar-refractivity contribution in [3.05, 3.63) is 23.3 Å². The summed E-state index contributed by atoms with van der Waals surface area (Å²) in [5, 5.41) is 14.1. The Morgan fingerprint density at radius 2 is 1.95 bits per heavy atom. The quantitative estimate of drug-likeness (QED) is 0.147. The second-order valence-electron chi connectivity index (χ2n) is 13.9. The van der Waals surface area contributed by atoms with Crippen LogP contribution in [0.1, 0.15) is 106 Å². The van der Waals surface area contributed by atoms with Crippen LogP contribution < -0.4 is 11.2 Å². The van der Waals surface area contributed by atoms with Gasteiger partial charge in [-0.05, 0) is 117 Å². The van der Waals surface area contributed by atoms with E-state index in [-0.39, 0.29) is 21.4 Å². The highest BCUT2D eigenvalue weighted by Crippen LogP contribution is 2.73. The van der Waals surface area contributed by atoms with Crippen molar-refractivity contribution in [3.8, 4) is 0 Å². The molecule has 0 radical (unpaired) electrons. The van der Waals surface area contributed by atoms with Crippen molar-refractivity contribution in [2.75, 3.05) is 0 Å². The van der Waals surface area contributed by atoms with Crippen LogP contribution in [0.5, 0.6) is 0 Å². The van der Waals surface area contributed by atoms with Gasteiger partial charge < -0.3 is 10.8 Å². The van der Waals surface area contributed by atoms with Crippen LogP contribution in [0.15, 0.2) is 28.4 Å². The van der Waals surface area contributed by atoms with E-state index in [1.165, 1.54) is 37.8 Å². The van der Waals surface area contributed by atoms with Crippen LogP contribution in [-0.4, -0.2) is 21.9 Å². The van der Waals surface area contributed by atoms with Gasteiger partial charge >= 0.3 is 5.97 Å². The summed E-state index contributed by atoms with van der Waals surface area (Å²) in [5.74, 6) is 1.69. The zero-order valence-electron chi connectivity index (χ0n) is 24.1. The Morgan fingerprint density at radius 3 is 2.59 bits per heavy atom. The van der Waals surface area contributed by atoms with E-state index in [0.717, 1.165) is 25.7 Å². The maximum atomic E-state index is 11.2. The molecule has 0 amide bonds. The number of thiocarbonyl (C=S) groups is 1. The molecule has 0 saturated heterocycles. The molecule has 0 bridgehead atoms. The van der Waals surface area contributed by atoms with Crippen LogP contribution in [0.3, 0.4) is 0 Å². The fourth-order valence-corrected chi connectivity index (χ4v) is 9.70. The first-order chi connectivity index (χ1) is 17.2. The maximum absolute atomic E-state index is 11.2. The average molecular weight is 528 g/mol. The summed E-state index contributed by atoms with van der Waals surface area (Å²) >= 11 is 5.01. The number of carbonyl (C=O) groups is 1. The minimum Gasteiger partial charge on any atom is -0.478 e. The zero-order valence-corrected chi connectivity index (χ0v) is 24.9. The van der Waals surface area contributed by atoms with Gasteiger partial charge in [0.2, 0.25) is 0 Å². The van der Waals surface area contributed by atoms with Crippen LogP contribution in [-0.2, 0) is 4.79 Å². The van der Waals surface area contributed by atoms with Crippen molar-refractivity contribution in [2.45, 2.75) is 106 Å². The Kier molecular flexibility index (Phi) is 7.51. The van der Waals surface area contributed by atoms with Crippen LogP contribution in [0.25, 0.3) is 0 Å². The second kappa shape index (κ2) is 9.81. The topological polar surface area (TPSA) is 87.7 Å². The summed E-state index contributed by atoms with van der Waals surface area (Å²) in [5.41, 5.74) is 12.8. The van der Waals surface area contributed by atoms with Crippen molar-refractivity contribution in [1.82, 2.24) is 5.43 Å². The number of carboxylic acids is 1. The molecule has 0 unspecified atom stereocenters. The second-order valence-corrected chi connectivity index (χ2v) is 14.4. The molecule has 7 atom stereocenters. The van der Waals surface area contributed by atoms with Crippen molar-refractivity contribution in [3.63, 3.8) is 0 Å². The first-order valence-electron chi connectivity index (χ1n) is 14.4. The van der Waals surface area contributed by atoms with E-state index in [1.54, 1.807) is 12.5 Å². The van der Waals surface area contributed by atoms with Crippen LogP contribution >= 0.6 is 12.2 Å². The monoisotopic (exact) mass is 527 g/mol. The van der Waals surface area contributed by atoms with Crippen molar-refractivity contribution in [1.29, 1.82) is 0 Å². The number of hydrogen-bond donors (Lipinski definition) is 3. The molecule has 37 heavy (non-hydrogen) atoms. The molecular weight excluding hydrogens is 478 g/mol. The summed E-state index contributed by atoms with van der Waals surface area (Å²) < 4.78 is 0. The van der Waals surface area contributed by atoms with Gasteiger partial charge in [-0.3, -0.25) is 5.43 Å². The van der Waals surface area contributed by atoms with Crippen LogP contribution in [0.4, 0.5) is 0 Å². The molecule has 0 heterocycles. The number of allylic oxidation sites excluding steroid dienone is 3. The van der Waals surface area contributed by atoms with Crippen LogP contribution in [0, 0.1) is 45.3 Å². The number of rotatable bonds is 6. The smallest absolute Gasteiger partial charge is 0.330 e. The summed E-state index contributed by atoms with van der Waals surface area (Å²) in [6, 6.07) is 0. The van der Waals surface area contributed by atoms with Crippen molar-refractivity contribution >= 4 is 29.0 Å². The first kappa shape index (κ1) is 28.3. The number of nitrogens with one attached hydrogen (secondary N) is 1. The van der Waals surface area contributed by atoms with E-state index in [1.807, 2.05) is 6.08 Å². The molecule has 0 aliphatic heterocycles. The lowest BCUT2D eigenvalue weighted by molar-refractivity contribution is -0.132. The molecule has 3 saturated carbocycles. The molecular formula is C31H49N3O2S. The van der Waals surface area contributed by atoms with Gasteiger partial charge in [-0.15, -0.1) is 0 Å². The number of nitrogens with zero attached hydrogens (tertiary/aromatic N) is 1. The minimum atomic E-state index is -0.800. The lowest BCUT2D eigenvalue weighted by Gasteiger charge is -2.63. The number of fused-ring (bicyclic) bond motifs is 5. The Morgan fingerprint density at radius 1 is 1.24 bits per heavy atom.